The number of fused-ring (bicyclic) bond motifs is 5. The Hall–Kier alpha value is -3.25. The highest BCUT2D eigenvalue weighted by Gasteiger charge is 2.63. The van der Waals surface area contributed by atoms with Crippen LogP contribution in [0.3, 0.4) is 0 Å². The number of aliphatic hydroxyl groups excluding tert-OH is 1. The number of ether oxygens (including phenoxy) is 2. The number of carbonyl (C=O) groups is 3. The minimum atomic E-state index is -1.05. The summed E-state index contributed by atoms with van der Waals surface area (Å²) in [6, 6.07) is 8.30. The molecular formula is C35H52O8. The maximum atomic E-state index is 13.6. The number of carbonyl (C=O) groups excluding carboxylic acids is 2. The van der Waals surface area contributed by atoms with Crippen molar-refractivity contribution < 1.29 is 39.2 Å². The number of Topliss-reactive ketones (excluding diaryl/α,β-unsaturated/α-hetero) is 1. The minimum Gasteiger partial charge on any atom is -0.478 e. The molecular weight excluding hydrogens is 548 g/mol. The summed E-state index contributed by atoms with van der Waals surface area (Å²) >= 11 is 0. The van der Waals surface area contributed by atoms with Gasteiger partial charge in [0.2, 0.25) is 0 Å². The summed E-state index contributed by atoms with van der Waals surface area (Å²) in [6.45, 7) is 19.6. The van der Waals surface area contributed by atoms with Crippen LogP contribution < -0.4 is 0 Å². The molecule has 0 spiro atoms. The van der Waals surface area contributed by atoms with E-state index in [1.54, 1.807) is 37.3 Å². The van der Waals surface area contributed by atoms with Crippen molar-refractivity contribution in [3.63, 3.8) is 0 Å². The zero-order valence-electron chi connectivity index (χ0n) is 27.0. The third-order valence-electron chi connectivity index (χ3n) is 8.44. The van der Waals surface area contributed by atoms with Gasteiger partial charge in [0, 0.05) is 25.7 Å². The highest BCUT2D eigenvalue weighted by atomic mass is 16.5. The summed E-state index contributed by atoms with van der Waals surface area (Å²) < 4.78 is 11.1. The maximum absolute atomic E-state index is 13.6. The zero-order chi connectivity index (χ0) is 33.5. The Morgan fingerprint density at radius 3 is 2.09 bits per heavy atom. The first-order chi connectivity index (χ1) is 20.5. The van der Waals surface area contributed by atoms with Crippen molar-refractivity contribution in [2.75, 3.05) is 6.61 Å². The van der Waals surface area contributed by atoms with Gasteiger partial charge in [0.1, 0.15) is 0 Å². The second-order valence-electron chi connectivity index (χ2n) is 10.6. The van der Waals surface area contributed by atoms with Gasteiger partial charge in [-0.15, -0.1) is 26.0 Å². The van der Waals surface area contributed by atoms with Gasteiger partial charge in [-0.2, -0.15) is 0 Å². The third kappa shape index (κ3) is 9.12. The van der Waals surface area contributed by atoms with Gasteiger partial charge in [0.05, 0.1) is 35.4 Å². The SMILES string of the molecule is C#C.C=C.CC.CC.CC(=O)O[C@H]1C(=O)C2(C)C(C[C@]3(O)CCC(C)=C1C3)[C@@H]1CO[C@@H]1C[C@@H]2O.O=C(O)c1ccccc1. The molecule has 2 bridgehead atoms. The molecule has 0 amide bonds. The van der Waals surface area contributed by atoms with E-state index in [2.05, 4.69) is 26.0 Å². The highest BCUT2D eigenvalue weighted by molar-refractivity contribution is 5.94. The number of rotatable bonds is 2. The van der Waals surface area contributed by atoms with E-state index in [0.717, 1.165) is 11.1 Å². The summed E-state index contributed by atoms with van der Waals surface area (Å²) in [7, 11) is 0. The molecule has 3 fully saturated rings. The number of allylic oxidation sites excluding steroid dienone is 1. The molecule has 1 saturated heterocycles. The first-order valence-corrected chi connectivity index (χ1v) is 15.0. The van der Waals surface area contributed by atoms with E-state index >= 15 is 0 Å². The van der Waals surface area contributed by atoms with E-state index in [9.17, 15) is 24.6 Å². The fourth-order valence-electron chi connectivity index (χ4n) is 6.22. The number of terminal acetylenes is 1. The summed E-state index contributed by atoms with van der Waals surface area (Å²) in [6.07, 6.45) is 8.61. The highest BCUT2D eigenvalue weighted by Crippen LogP contribution is 2.57. The number of benzene rings is 1. The molecule has 8 nitrogen and oxygen atoms in total. The second kappa shape index (κ2) is 18.4. The standard InChI is InChI=1S/C20H28O6.C7H6O2.2C2H6.C2H4.C2H2/c1-10-4-5-20(24)7-12(10)17(26-11(2)21)18(23)19(3)14(8-20)13-9-25-15(13)6-16(19)22;8-7(9)6-4-2-1-3-5-6;4*1-2/h13-17,22,24H,4-9H2,1-3H3;1-5H,(H,8,9);2*1-2H3;1-2H2;1-2H/t13-,14?,15+,16-,17+,19?,20-;;;;;/m0...../s1. The van der Waals surface area contributed by atoms with E-state index in [4.69, 9.17) is 14.6 Å². The number of esters is 1. The van der Waals surface area contributed by atoms with Crippen LogP contribution in [0.25, 0.3) is 0 Å². The van der Waals surface area contributed by atoms with Crippen LogP contribution >= 0.6 is 0 Å². The van der Waals surface area contributed by atoms with Gasteiger partial charge in [0.25, 0.3) is 0 Å². The Bertz CT molecular complexity index is 1090. The molecule has 0 radical (unpaired) electrons. The zero-order valence-corrected chi connectivity index (χ0v) is 27.0. The quantitative estimate of drug-likeness (QED) is 0.214. The van der Waals surface area contributed by atoms with Crippen LogP contribution in [0.2, 0.25) is 0 Å². The number of hydrogen-bond acceptors (Lipinski definition) is 7. The fourth-order valence-corrected chi connectivity index (χ4v) is 6.22. The van der Waals surface area contributed by atoms with Gasteiger partial charge in [-0.1, -0.05) is 51.5 Å². The largest absolute Gasteiger partial charge is 0.478 e. The third-order valence-corrected chi connectivity index (χ3v) is 8.44. The van der Waals surface area contributed by atoms with Crippen LogP contribution in [0.5, 0.6) is 0 Å². The van der Waals surface area contributed by atoms with E-state index in [0.29, 0.717) is 44.3 Å². The monoisotopic (exact) mass is 600 g/mol. The van der Waals surface area contributed by atoms with Crippen molar-refractivity contribution in [1.82, 2.24) is 0 Å². The van der Waals surface area contributed by atoms with Crippen LogP contribution in [-0.2, 0) is 19.1 Å². The van der Waals surface area contributed by atoms with Crippen LogP contribution in [0.15, 0.2) is 54.6 Å². The van der Waals surface area contributed by atoms with Crippen molar-refractivity contribution in [3.05, 3.63) is 60.2 Å². The molecule has 3 aliphatic carbocycles. The smallest absolute Gasteiger partial charge is 0.335 e. The number of aromatic carboxylic acids is 1. The molecule has 8 heteroatoms. The first kappa shape index (κ1) is 39.8. The summed E-state index contributed by atoms with van der Waals surface area (Å²) in [4.78, 5) is 35.6. The number of ketones is 1. The van der Waals surface area contributed by atoms with Gasteiger partial charge in [-0.05, 0) is 56.7 Å². The molecule has 240 valence electrons. The molecule has 7 atom stereocenters. The predicted octanol–water partition coefficient (Wildman–Crippen LogP) is 6.01. The van der Waals surface area contributed by atoms with Gasteiger partial charge < -0.3 is 24.8 Å². The minimum absolute atomic E-state index is 0.0496. The van der Waals surface area contributed by atoms with Crippen molar-refractivity contribution in [1.29, 1.82) is 0 Å². The van der Waals surface area contributed by atoms with E-state index in [1.807, 2.05) is 34.6 Å². The fraction of sp³-hybridized carbons (Fsp3) is 0.571. The normalized spacial score (nSPS) is 31.2. The molecule has 1 heterocycles. The van der Waals surface area contributed by atoms with E-state index in [-0.39, 0.29) is 23.7 Å². The first-order valence-electron chi connectivity index (χ1n) is 15.0. The average Bonchev–Trinajstić information content (AvgIpc) is 3.02. The average molecular weight is 601 g/mol. The van der Waals surface area contributed by atoms with Gasteiger partial charge in [0.15, 0.2) is 11.9 Å². The molecule has 1 aromatic rings. The Labute approximate surface area is 258 Å². The number of hydrogen-bond donors (Lipinski definition) is 3. The van der Waals surface area contributed by atoms with Crippen molar-refractivity contribution in [2.45, 2.75) is 104 Å². The summed E-state index contributed by atoms with van der Waals surface area (Å²) in [5.74, 6) is -1.65. The van der Waals surface area contributed by atoms with Crippen LogP contribution in [0, 0.1) is 30.1 Å². The van der Waals surface area contributed by atoms with Gasteiger partial charge >= 0.3 is 11.9 Å². The molecule has 3 N–H and O–H groups in total. The second-order valence-corrected chi connectivity index (χ2v) is 10.6. The Morgan fingerprint density at radius 1 is 1.09 bits per heavy atom. The molecule has 43 heavy (non-hydrogen) atoms. The molecule has 1 aromatic carbocycles. The summed E-state index contributed by atoms with van der Waals surface area (Å²) in [5.41, 5.74) is 0.0705. The molecule has 5 rings (SSSR count). The number of carboxylic acids is 1. The van der Waals surface area contributed by atoms with Crippen molar-refractivity contribution in [2.24, 2.45) is 17.3 Å². The lowest BCUT2D eigenvalue weighted by molar-refractivity contribution is -0.235. The Kier molecular flexibility index (Phi) is 17.0. The maximum Gasteiger partial charge on any atom is 0.335 e. The molecule has 0 aromatic heterocycles. The molecule has 2 unspecified atom stereocenters. The number of carboxylic acid groups (broad SMARTS) is 1. The van der Waals surface area contributed by atoms with E-state index in [1.165, 1.54) is 6.92 Å². The van der Waals surface area contributed by atoms with Crippen molar-refractivity contribution >= 4 is 17.7 Å². The van der Waals surface area contributed by atoms with Crippen molar-refractivity contribution in [3.8, 4) is 12.8 Å². The lowest BCUT2D eigenvalue weighted by Crippen LogP contribution is -2.66. The Balaban J connectivity index is 0.000000869. The Morgan fingerprint density at radius 2 is 1.65 bits per heavy atom. The van der Waals surface area contributed by atoms with Crippen LogP contribution in [-0.4, -0.2) is 63.6 Å². The van der Waals surface area contributed by atoms with E-state index < -0.39 is 35.2 Å². The predicted molar refractivity (Wildman–Crippen MR) is 169 cm³/mol. The molecule has 2 saturated carbocycles. The molecule has 1 aliphatic heterocycles. The number of aliphatic hydroxyl groups is 2. The van der Waals surface area contributed by atoms with Crippen LogP contribution in [0.1, 0.15) is 90.9 Å². The van der Waals surface area contributed by atoms with Crippen LogP contribution in [0.4, 0.5) is 0 Å². The lowest BCUT2D eigenvalue weighted by Gasteiger charge is -2.59. The summed E-state index contributed by atoms with van der Waals surface area (Å²) in [5, 5.41) is 30.6. The molecule has 4 aliphatic rings. The topological polar surface area (TPSA) is 130 Å². The van der Waals surface area contributed by atoms with Gasteiger partial charge in [-0.25, -0.2) is 4.79 Å². The lowest BCUT2D eigenvalue weighted by atomic mass is 9.51. The van der Waals surface area contributed by atoms with Gasteiger partial charge in [-0.3, -0.25) is 9.59 Å².